The van der Waals surface area contributed by atoms with Gasteiger partial charge in [-0.1, -0.05) is 12.1 Å². The molecule has 2 aliphatic rings. The summed E-state index contributed by atoms with van der Waals surface area (Å²) < 4.78 is 31.8. The molecule has 2 aromatic carbocycles. The van der Waals surface area contributed by atoms with Gasteiger partial charge in [-0.2, -0.15) is 0 Å². The summed E-state index contributed by atoms with van der Waals surface area (Å²) in [6.45, 7) is 2.62. The van der Waals surface area contributed by atoms with Crippen molar-refractivity contribution in [2.45, 2.75) is 11.3 Å². The second-order valence-corrected chi connectivity index (χ2v) is 7.00. The first kappa shape index (κ1) is 17.2. The Balaban J connectivity index is 0.000000231. The van der Waals surface area contributed by atoms with Crippen LogP contribution < -0.4 is 10.1 Å². The van der Waals surface area contributed by atoms with Crippen molar-refractivity contribution in [2.75, 3.05) is 26.5 Å². The van der Waals surface area contributed by atoms with Crippen LogP contribution in [-0.2, 0) is 0 Å². The zero-order valence-electron chi connectivity index (χ0n) is 13.8. The highest BCUT2D eigenvalue weighted by atomic mass is 32.2. The average molecular weight is 349 g/mol. The Morgan fingerprint density at radius 3 is 1.96 bits per heavy atom. The van der Waals surface area contributed by atoms with Crippen LogP contribution in [-0.4, -0.2) is 26.5 Å². The Hall–Kier alpha value is -1.59. The molecular weight excluding hydrogens is 328 g/mol. The highest BCUT2D eigenvalue weighted by Gasteiger charge is 2.40. The Labute approximate surface area is 145 Å². The summed E-state index contributed by atoms with van der Waals surface area (Å²) in [5, 5.41) is 3.32. The van der Waals surface area contributed by atoms with Gasteiger partial charge in [0, 0.05) is 4.90 Å². The van der Waals surface area contributed by atoms with Gasteiger partial charge in [0.15, 0.2) is 17.4 Å². The van der Waals surface area contributed by atoms with Crippen LogP contribution >= 0.6 is 11.8 Å². The highest BCUT2D eigenvalue weighted by molar-refractivity contribution is 7.98. The number of benzene rings is 2. The largest absolute Gasteiger partial charge is 0.491 e. The molecule has 1 aliphatic heterocycles. The summed E-state index contributed by atoms with van der Waals surface area (Å²) in [5.74, 6) is 0.470. The van der Waals surface area contributed by atoms with Crippen molar-refractivity contribution in [2.24, 2.45) is 11.8 Å². The molecule has 1 N–H and O–H groups in total. The molecule has 0 bridgehead atoms. The van der Waals surface area contributed by atoms with Crippen molar-refractivity contribution in [1.29, 1.82) is 0 Å². The van der Waals surface area contributed by atoms with E-state index in [1.807, 2.05) is 30.5 Å². The highest BCUT2D eigenvalue weighted by Crippen LogP contribution is 2.40. The maximum absolute atomic E-state index is 13.6. The first-order valence-electron chi connectivity index (χ1n) is 8.00. The van der Waals surface area contributed by atoms with Crippen molar-refractivity contribution in [3.05, 3.63) is 48.0 Å². The minimum Gasteiger partial charge on any atom is -0.491 e. The van der Waals surface area contributed by atoms with Crippen molar-refractivity contribution in [1.82, 2.24) is 5.32 Å². The van der Waals surface area contributed by atoms with Crippen LogP contribution in [0.2, 0.25) is 0 Å². The fourth-order valence-corrected chi connectivity index (χ4v) is 3.38. The van der Waals surface area contributed by atoms with Gasteiger partial charge in [-0.05, 0) is 73.0 Å². The summed E-state index contributed by atoms with van der Waals surface area (Å²) in [6.07, 6.45) is 3.49. The van der Waals surface area contributed by atoms with E-state index in [0.29, 0.717) is 5.56 Å². The zero-order valence-corrected chi connectivity index (χ0v) is 14.6. The molecule has 2 fully saturated rings. The third kappa shape index (κ3) is 3.90. The number of halogens is 2. The van der Waals surface area contributed by atoms with E-state index in [0.717, 1.165) is 22.3 Å². The van der Waals surface area contributed by atoms with Crippen LogP contribution in [0.3, 0.4) is 0 Å². The first-order valence-corrected chi connectivity index (χ1v) is 9.23. The lowest BCUT2D eigenvalue weighted by Gasteiger charge is -2.07. The summed E-state index contributed by atoms with van der Waals surface area (Å²) >= 11 is 1.62. The summed E-state index contributed by atoms with van der Waals surface area (Å²) in [6, 6.07) is 10.1. The van der Waals surface area contributed by atoms with Gasteiger partial charge in [-0.25, -0.2) is 8.78 Å². The van der Waals surface area contributed by atoms with E-state index in [2.05, 4.69) is 10.1 Å². The van der Waals surface area contributed by atoms with Gasteiger partial charge in [0.25, 0.3) is 0 Å². The van der Waals surface area contributed by atoms with Crippen molar-refractivity contribution in [3.63, 3.8) is 0 Å². The molecule has 0 amide bonds. The van der Waals surface area contributed by atoms with Crippen LogP contribution in [0.5, 0.6) is 5.75 Å². The van der Waals surface area contributed by atoms with Crippen LogP contribution in [0.1, 0.15) is 6.42 Å². The number of methoxy groups -OCH3 is 1. The van der Waals surface area contributed by atoms with Crippen LogP contribution in [0, 0.1) is 23.5 Å². The van der Waals surface area contributed by atoms with Gasteiger partial charge < -0.3 is 10.1 Å². The van der Waals surface area contributed by atoms with Gasteiger partial charge in [0.05, 0.1) is 7.11 Å². The average Bonchev–Trinajstić information content (AvgIpc) is 3.20. The van der Waals surface area contributed by atoms with Crippen molar-refractivity contribution < 1.29 is 13.5 Å². The molecular formula is C19H21F2NOS. The maximum Gasteiger partial charge on any atom is 0.190 e. The zero-order chi connectivity index (χ0) is 17.1. The van der Waals surface area contributed by atoms with E-state index in [1.165, 1.54) is 38.8 Å². The Morgan fingerprint density at radius 2 is 1.58 bits per heavy atom. The van der Waals surface area contributed by atoms with Crippen molar-refractivity contribution in [3.8, 4) is 16.9 Å². The number of piperidine rings is 1. The molecule has 1 saturated heterocycles. The van der Waals surface area contributed by atoms with Crippen molar-refractivity contribution >= 4 is 11.8 Å². The van der Waals surface area contributed by atoms with E-state index < -0.39 is 11.6 Å². The second kappa shape index (κ2) is 7.53. The monoisotopic (exact) mass is 349 g/mol. The summed E-state index contributed by atoms with van der Waals surface area (Å²) in [5.41, 5.74) is 1.27. The van der Waals surface area contributed by atoms with E-state index in [9.17, 15) is 8.78 Å². The number of hydrogen-bond acceptors (Lipinski definition) is 3. The standard InChI is InChI=1S/C14H12F2OS.C5H9N/c1-17-14-12(15)7-10(8-13(14)16)9-3-5-11(18-2)6-4-9;1-4-2-6-3-5(1)4/h3-8H,1-2H3;4-6H,1-3H2. The number of nitrogens with one attached hydrogen (secondary N) is 1. The van der Waals surface area contributed by atoms with Gasteiger partial charge >= 0.3 is 0 Å². The summed E-state index contributed by atoms with van der Waals surface area (Å²) in [4.78, 5) is 1.10. The van der Waals surface area contributed by atoms with Gasteiger partial charge in [0.2, 0.25) is 0 Å². The van der Waals surface area contributed by atoms with Gasteiger partial charge in [-0.15, -0.1) is 11.8 Å². The Bertz CT molecular complexity index is 674. The molecule has 1 heterocycles. The lowest BCUT2D eigenvalue weighted by Crippen LogP contribution is -2.10. The topological polar surface area (TPSA) is 21.3 Å². The second-order valence-electron chi connectivity index (χ2n) is 6.12. The molecule has 2 aromatic rings. The lowest BCUT2D eigenvalue weighted by atomic mass is 10.1. The van der Waals surface area contributed by atoms with E-state index in [4.69, 9.17) is 0 Å². The first-order chi connectivity index (χ1) is 11.6. The third-order valence-corrected chi connectivity index (χ3v) is 5.25. The van der Waals surface area contributed by atoms with E-state index >= 15 is 0 Å². The molecule has 2 atom stereocenters. The normalized spacial score (nSPS) is 20.8. The Kier molecular flexibility index (Phi) is 5.41. The van der Waals surface area contributed by atoms with Crippen LogP contribution in [0.4, 0.5) is 8.78 Å². The molecule has 2 nitrogen and oxygen atoms in total. The number of rotatable bonds is 3. The molecule has 1 saturated carbocycles. The summed E-state index contributed by atoms with van der Waals surface area (Å²) in [7, 11) is 1.24. The van der Waals surface area contributed by atoms with Crippen LogP contribution in [0.15, 0.2) is 41.3 Å². The van der Waals surface area contributed by atoms with Crippen LogP contribution in [0.25, 0.3) is 11.1 Å². The molecule has 0 radical (unpaired) electrons. The smallest absolute Gasteiger partial charge is 0.190 e. The lowest BCUT2D eigenvalue weighted by molar-refractivity contribution is 0.360. The number of fused-ring (bicyclic) bond motifs is 1. The SMILES string of the molecule is C1NCC2CC12.COc1c(F)cc(-c2ccc(SC)cc2)cc1F. The minimum atomic E-state index is -0.693. The molecule has 2 unspecified atom stereocenters. The fourth-order valence-electron chi connectivity index (χ4n) is 2.97. The van der Waals surface area contributed by atoms with Gasteiger partial charge in [0.1, 0.15) is 0 Å². The number of thioether (sulfide) groups is 1. The van der Waals surface area contributed by atoms with Gasteiger partial charge in [-0.3, -0.25) is 0 Å². The molecule has 5 heteroatoms. The molecule has 24 heavy (non-hydrogen) atoms. The fraction of sp³-hybridized carbons (Fsp3) is 0.368. The van der Waals surface area contributed by atoms with E-state index in [1.54, 1.807) is 11.8 Å². The predicted octanol–water partition coefficient (Wildman–Crippen LogP) is 4.59. The number of ether oxygens (including phenoxy) is 1. The molecule has 0 aromatic heterocycles. The number of hydrogen-bond donors (Lipinski definition) is 1. The third-order valence-electron chi connectivity index (χ3n) is 4.51. The molecule has 1 aliphatic carbocycles. The Morgan fingerprint density at radius 1 is 1.00 bits per heavy atom. The predicted molar refractivity (Wildman–Crippen MR) is 94.6 cm³/mol. The quantitative estimate of drug-likeness (QED) is 0.819. The molecule has 0 spiro atoms. The minimum absolute atomic E-state index is 0.348. The molecule has 4 rings (SSSR count). The van der Waals surface area contributed by atoms with E-state index in [-0.39, 0.29) is 5.75 Å². The molecule has 128 valence electrons. The maximum atomic E-state index is 13.6.